The van der Waals surface area contributed by atoms with E-state index in [0.29, 0.717) is 15.7 Å². The number of nitrogens with two attached hydrogens (primary N) is 1. The highest BCUT2D eigenvalue weighted by Gasteiger charge is 2.25. The van der Waals surface area contributed by atoms with Crippen molar-refractivity contribution in [3.8, 4) is 0 Å². The molecule has 0 heterocycles. The Morgan fingerprint density at radius 1 is 1.56 bits per heavy atom. The van der Waals surface area contributed by atoms with Crippen molar-refractivity contribution in [2.45, 2.75) is 19.8 Å². The van der Waals surface area contributed by atoms with Crippen LogP contribution in [0.15, 0.2) is 16.6 Å². The topological polar surface area (TPSA) is 29.3 Å². The van der Waals surface area contributed by atoms with Crippen LogP contribution in [0.4, 0.5) is 10.1 Å². The molecule has 1 aliphatic carbocycles. The monoisotopic (exact) mass is 330 g/mol. The lowest BCUT2D eigenvalue weighted by atomic mass is 10.1. The summed E-state index contributed by atoms with van der Waals surface area (Å²) in [5.74, 6) is 0.446. The summed E-state index contributed by atoms with van der Waals surface area (Å²) in [6.45, 7) is 3.76. The number of halogens is 2. The quantitative estimate of drug-likeness (QED) is 0.838. The number of hydrogen-bond acceptors (Lipinski definition) is 2. The smallest absolute Gasteiger partial charge is 0.161 e. The molecule has 98 valence electrons. The van der Waals surface area contributed by atoms with Crippen molar-refractivity contribution in [2.75, 3.05) is 18.0 Å². The van der Waals surface area contributed by atoms with E-state index in [2.05, 4.69) is 20.8 Å². The van der Waals surface area contributed by atoms with Gasteiger partial charge in [0.25, 0.3) is 0 Å². The molecule has 2 N–H and O–H groups in total. The average Bonchev–Trinajstić information content (AvgIpc) is 3.13. The summed E-state index contributed by atoms with van der Waals surface area (Å²) in [4.78, 5) is 2.28. The maximum absolute atomic E-state index is 14.3. The second-order valence-corrected chi connectivity index (χ2v) is 5.84. The number of anilines is 1. The van der Waals surface area contributed by atoms with E-state index in [9.17, 15) is 4.39 Å². The molecule has 0 radical (unpaired) electrons. The van der Waals surface area contributed by atoms with Crippen LogP contribution in [0.25, 0.3) is 0 Å². The zero-order chi connectivity index (χ0) is 13.3. The van der Waals surface area contributed by atoms with Crippen LogP contribution in [0.1, 0.15) is 25.3 Å². The van der Waals surface area contributed by atoms with E-state index in [-0.39, 0.29) is 10.8 Å². The lowest BCUT2D eigenvalue weighted by Crippen LogP contribution is -2.26. The lowest BCUT2D eigenvalue weighted by Gasteiger charge is -2.24. The minimum absolute atomic E-state index is 0.206. The van der Waals surface area contributed by atoms with Crippen LogP contribution in [0.2, 0.25) is 0 Å². The average molecular weight is 331 g/mol. The summed E-state index contributed by atoms with van der Waals surface area (Å²) in [5.41, 5.74) is 6.73. The van der Waals surface area contributed by atoms with Gasteiger partial charge in [0.05, 0.1) is 10.2 Å². The number of nitrogens with zero attached hydrogens (tertiary/aromatic N) is 1. The number of benzene rings is 1. The van der Waals surface area contributed by atoms with Crippen LogP contribution in [0.3, 0.4) is 0 Å². The number of thiocarbonyl (C=S) groups is 1. The Balaban J connectivity index is 2.31. The third-order valence-corrected chi connectivity index (χ3v) is 4.22. The second-order valence-electron chi connectivity index (χ2n) is 4.61. The van der Waals surface area contributed by atoms with Crippen molar-refractivity contribution < 1.29 is 4.39 Å². The predicted molar refractivity (Wildman–Crippen MR) is 80.6 cm³/mol. The van der Waals surface area contributed by atoms with Gasteiger partial charge in [-0.15, -0.1) is 0 Å². The molecule has 0 amide bonds. The van der Waals surface area contributed by atoms with Crippen molar-refractivity contribution in [1.82, 2.24) is 0 Å². The molecule has 0 spiro atoms. The Labute approximate surface area is 120 Å². The van der Waals surface area contributed by atoms with Crippen LogP contribution in [-0.4, -0.2) is 18.1 Å². The Morgan fingerprint density at radius 3 is 2.72 bits per heavy atom. The first kappa shape index (κ1) is 13.7. The second kappa shape index (κ2) is 5.53. The predicted octanol–water partition coefficient (Wildman–Crippen LogP) is 3.46. The number of hydrogen-bond donors (Lipinski definition) is 1. The van der Waals surface area contributed by atoms with Gasteiger partial charge in [-0.2, -0.15) is 0 Å². The van der Waals surface area contributed by atoms with Gasteiger partial charge in [0.1, 0.15) is 4.99 Å². The highest BCUT2D eigenvalue weighted by Crippen LogP contribution is 2.34. The molecular formula is C13H16BrFN2S. The molecule has 5 heteroatoms. The first-order valence-electron chi connectivity index (χ1n) is 6.07. The first-order chi connectivity index (χ1) is 8.54. The SMILES string of the molecule is CCN(CC1CC1)c1ccc(C(N)=S)c(Br)c1F. The molecule has 2 rings (SSSR count). The Kier molecular flexibility index (Phi) is 4.22. The molecule has 1 fully saturated rings. The molecule has 1 aromatic carbocycles. The van der Waals surface area contributed by atoms with Crippen molar-refractivity contribution in [3.63, 3.8) is 0 Å². The minimum atomic E-state index is -0.275. The molecule has 0 atom stereocenters. The number of rotatable bonds is 5. The molecule has 1 aliphatic rings. The summed E-state index contributed by atoms with van der Waals surface area (Å²) in [5, 5.41) is 0. The van der Waals surface area contributed by atoms with Gasteiger partial charge in [-0.25, -0.2) is 4.39 Å². The van der Waals surface area contributed by atoms with Crippen molar-refractivity contribution in [2.24, 2.45) is 11.7 Å². The van der Waals surface area contributed by atoms with Crippen LogP contribution < -0.4 is 10.6 Å². The molecule has 0 saturated heterocycles. The molecule has 0 unspecified atom stereocenters. The molecular weight excluding hydrogens is 315 g/mol. The van der Waals surface area contributed by atoms with Gasteiger partial charge in [0.2, 0.25) is 0 Å². The summed E-state index contributed by atoms with van der Waals surface area (Å²) < 4.78 is 14.7. The van der Waals surface area contributed by atoms with Crippen LogP contribution in [-0.2, 0) is 0 Å². The molecule has 1 saturated carbocycles. The van der Waals surface area contributed by atoms with Gasteiger partial charge in [0.15, 0.2) is 5.82 Å². The van der Waals surface area contributed by atoms with E-state index >= 15 is 0 Å². The van der Waals surface area contributed by atoms with Gasteiger partial charge in [0, 0.05) is 18.7 Å². The Morgan fingerprint density at radius 2 is 2.22 bits per heavy atom. The van der Waals surface area contributed by atoms with Gasteiger partial charge < -0.3 is 10.6 Å². The maximum Gasteiger partial charge on any atom is 0.161 e. The molecule has 18 heavy (non-hydrogen) atoms. The van der Waals surface area contributed by atoms with Crippen LogP contribution >= 0.6 is 28.1 Å². The molecule has 1 aromatic rings. The molecule has 2 nitrogen and oxygen atoms in total. The fourth-order valence-corrected chi connectivity index (χ4v) is 2.83. The Hall–Kier alpha value is -0.680. The first-order valence-corrected chi connectivity index (χ1v) is 7.27. The normalized spacial score (nSPS) is 14.6. The third kappa shape index (κ3) is 2.83. The van der Waals surface area contributed by atoms with Gasteiger partial charge in [-0.1, -0.05) is 12.2 Å². The summed E-state index contributed by atoms with van der Waals surface area (Å²) in [6, 6.07) is 3.54. The molecule has 0 aliphatic heterocycles. The van der Waals surface area contributed by atoms with Crippen LogP contribution in [0, 0.1) is 11.7 Å². The van der Waals surface area contributed by atoms with Gasteiger partial charge in [-0.3, -0.25) is 0 Å². The summed E-state index contributed by atoms with van der Waals surface area (Å²) >= 11 is 8.14. The largest absolute Gasteiger partial charge is 0.389 e. The van der Waals surface area contributed by atoms with E-state index in [0.717, 1.165) is 19.0 Å². The van der Waals surface area contributed by atoms with E-state index in [4.69, 9.17) is 18.0 Å². The van der Waals surface area contributed by atoms with Crippen LogP contribution in [0.5, 0.6) is 0 Å². The standard InChI is InChI=1S/C13H16BrFN2S/c1-2-17(7-8-3-4-8)10-6-5-9(13(16)18)11(14)12(10)15/h5-6,8H,2-4,7H2,1H3,(H2,16,18). The summed E-state index contributed by atoms with van der Waals surface area (Å²) in [7, 11) is 0. The highest BCUT2D eigenvalue weighted by atomic mass is 79.9. The molecule has 0 bridgehead atoms. The minimum Gasteiger partial charge on any atom is -0.389 e. The van der Waals surface area contributed by atoms with Gasteiger partial charge >= 0.3 is 0 Å². The van der Waals surface area contributed by atoms with E-state index < -0.39 is 0 Å². The van der Waals surface area contributed by atoms with E-state index in [1.807, 2.05) is 6.92 Å². The highest BCUT2D eigenvalue weighted by molar-refractivity contribution is 9.10. The fraction of sp³-hybridized carbons (Fsp3) is 0.462. The van der Waals surface area contributed by atoms with E-state index in [1.165, 1.54) is 12.8 Å². The summed E-state index contributed by atoms with van der Waals surface area (Å²) in [6.07, 6.45) is 2.51. The molecule has 0 aromatic heterocycles. The van der Waals surface area contributed by atoms with Crippen molar-refractivity contribution in [3.05, 3.63) is 28.0 Å². The zero-order valence-electron chi connectivity index (χ0n) is 10.2. The lowest BCUT2D eigenvalue weighted by molar-refractivity contribution is 0.607. The maximum atomic E-state index is 14.3. The Bertz CT molecular complexity index is 474. The van der Waals surface area contributed by atoms with Gasteiger partial charge in [-0.05, 0) is 53.7 Å². The zero-order valence-corrected chi connectivity index (χ0v) is 12.7. The third-order valence-electron chi connectivity index (χ3n) is 3.23. The van der Waals surface area contributed by atoms with Crippen molar-refractivity contribution >= 4 is 38.8 Å². The van der Waals surface area contributed by atoms with Crippen molar-refractivity contribution in [1.29, 1.82) is 0 Å². The van der Waals surface area contributed by atoms with E-state index in [1.54, 1.807) is 12.1 Å². The fourth-order valence-electron chi connectivity index (χ4n) is 1.98.